The molecule has 5 nitrogen and oxygen atoms in total. The molecule has 3 unspecified atom stereocenters. The van der Waals surface area contributed by atoms with Crippen LogP contribution in [0.2, 0.25) is 0 Å². The van der Waals surface area contributed by atoms with Gasteiger partial charge in [0.15, 0.2) is 0 Å². The molecule has 0 amide bonds. The number of ether oxygens (including phenoxy) is 1. The summed E-state index contributed by atoms with van der Waals surface area (Å²) in [5, 5.41) is 10.9. The number of rotatable bonds is 1. The average molecular weight is 344 g/mol. The molecule has 0 bridgehead atoms. The Bertz CT molecular complexity index is 898. The molecule has 136 valence electrons. The number of aliphatic carboxylic acids is 1. The van der Waals surface area contributed by atoms with Crippen molar-refractivity contribution in [3.05, 3.63) is 47.4 Å². The van der Waals surface area contributed by atoms with Gasteiger partial charge in [0.05, 0.1) is 24.0 Å². The Morgan fingerprint density at radius 2 is 2.24 bits per heavy atom. The number of nitrogens with zero attached hydrogens (tertiary/aromatic N) is 1. The highest BCUT2D eigenvalue weighted by atomic mass is 16.5. The molecule has 2 aromatic rings. The summed E-state index contributed by atoms with van der Waals surface area (Å²) in [6.07, 6.45) is 3.44. The monoisotopic (exact) mass is 344 g/mol. The predicted molar refractivity (Wildman–Crippen MR) is 101 cm³/mol. The summed E-state index contributed by atoms with van der Waals surface area (Å²) >= 11 is 0. The minimum atomic E-state index is -0.844. The second kappa shape index (κ2) is 5.36. The number of carboxylic acids is 1. The summed E-state index contributed by atoms with van der Waals surface area (Å²) in [6, 6.07) is 8.73. The summed E-state index contributed by atoms with van der Waals surface area (Å²) in [4.78, 5) is 17.8. The number of fused-ring (bicyclic) bond motifs is 6. The number of para-hydroxylation sites is 1. The van der Waals surface area contributed by atoms with Crippen molar-refractivity contribution in [1.82, 2.24) is 9.88 Å². The highest BCUT2D eigenvalue weighted by molar-refractivity contribution is 5.87. The molecular formula is C20H28N2O3. The van der Waals surface area contributed by atoms with Crippen molar-refractivity contribution in [2.45, 2.75) is 31.9 Å². The molecule has 1 saturated heterocycles. The lowest BCUT2D eigenvalue weighted by molar-refractivity contribution is -0.135. The fraction of sp³-hybridized carbons (Fsp3) is 0.450. The zero-order valence-corrected chi connectivity index (χ0v) is 14.2. The Balaban J connectivity index is 0.000000934. The second-order valence-corrected chi connectivity index (χ2v) is 7.55. The maximum atomic E-state index is 11.7. The van der Waals surface area contributed by atoms with Gasteiger partial charge >= 0.3 is 5.97 Å². The Morgan fingerprint density at radius 3 is 3.08 bits per heavy atom. The molecule has 0 radical (unpaired) electrons. The molecule has 4 atom stereocenters. The van der Waals surface area contributed by atoms with Crippen LogP contribution in [0, 0.1) is 11.8 Å². The Morgan fingerprint density at radius 1 is 1.40 bits per heavy atom. The lowest BCUT2D eigenvalue weighted by atomic mass is 9.72. The second-order valence-electron chi connectivity index (χ2n) is 7.55. The lowest BCUT2D eigenvalue weighted by Crippen LogP contribution is -2.51. The molecule has 0 aliphatic carbocycles. The molecular weight excluding hydrogens is 316 g/mol. The number of nitrogens with one attached hydrogen (secondary N) is 1. The summed E-state index contributed by atoms with van der Waals surface area (Å²) in [5.41, 5.74) is 4.32. The van der Waals surface area contributed by atoms with Gasteiger partial charge in [-0.3, -0.25) is 4.90 Å². The minimum absolute atomic E-state index is 0. The van der Waals surface area contributed by atoms with Crippen LogP contribution in [0.1, 0.15) is 34.9 Å². The third-order valence-electron chi connectivity index (χ3n) is 6.37. The van der Waals surface area contributed by atoms with E-state index in [2.05, 4.69) is 41.1 Å². The van der Waals surface area contributed by atoms with Crippen molar-refractivity contribution >= 4 is 16.9 Å². The molecule has 0 saturated carbocycles. The topological polar surface area (TPSA) is 65.6 Å². The van der Waals surface area contributed by atoms with Gasteiger partial charge in [0.2, 0.25) is 0 Å². The average Bonchev–Trinajstić information content (AvgIpc) is 3.00. The van der Waals surface area contributed by atoms with Crippen LogP contribution in [0.3, 0.4) is 0 Å². The van der Waals surface area contributed by atoms with Crippen LogP contribution >= 0.6 is 0 Å². The first kappa shape index (κ1) is 15.0. The van der Waals surface area contributed by atoms with E-state index in [1.165, 1.54) is 28.4 Å². The van der Waals surface area contributed by atoms with Crippen LogP contribution in [0.4, 0.5) is 0 Å². The fourth-order valence-corrected chi connectivity index (χ4v) is 5.08. The minimum Gasteiger partial charge on any atom is -0.497 e. The molecule has 1 aromatic heterocycles. The van der Waals surface area contributed by atoms with E-state index in [1.54, 1.807) is 0 Å². The molecule has 25 heavy (non-hydrogen) atoms. The first-order valence-corrected chi connectivity index (χ1v) is 9.06. The van der Waals surface area contributed by atoms with Crippen molar-refractivity contribution in [2.75, 3.05) is 13.1 Å². The normalized spacial score (nSPS) is 31.5. The Labute approximate surface area is 150 Å². The van der Waals surface area contributed by atoms with Crippen LogP contribution in [-0.2, 0) is 16.0 Å². The van der Waals surface area contributed by atoms with Gasteiger partial charge in [0, 0.05) is 45.8 Å². The number of piperidine rings is 1. The number of benzene rings is 1. The van der Waals surface area contributed by atoms with E-state index in [0.29, 0.717) is 5.57 Å². The molecule has 1 fully saturated rings. The first-order valence-electron chi connectivity index (χ1n) is 9.06. The van der Waals surface area contributed by atoms with Gasteiger partial charge in [-0.2, -0.15) is 0 Å². The van der Waals surface area contributed by atoms with Crippen molar-refractivity contribution < 1.29 is 18.9 Å². The quantitative estimate of drug-likeness (QED) is 0.825. The maximum Gasteiger partial charge on any atom is 0.334 e. The summed E-state index contributed by atoms with van der Waals surface area (Å²) in [5.74, 6) is -0.541. The molecule has 4 heterocycles. The zero-order chi connectivity index (χ0) is 17.1. The Kier molecular flexibility index (Phi) is 3.22. The third-order valence-corrected chi connectivity index (χ3v) is 6.37. The van der Waals surface area contributed by atoms with Crippen LogP contribution < -0.4 is 0 Å². The van der Waals surface area contributed by atoms with Gasteiger partial charge in [-0.25, -0.2) is 4.79 Å². The van der Waals surface area contributed by atoms with Gasteiger partial charge in [-0.15, -0.1) is 0 Å². The maximum absolute atomic E-state index is 11.7. The molecule has 0 spiro atoms. The Hall–Kier alpha value is -2.27. The van der Waals surface area contributed by atoms with Gasteiger partial charge < -0.3 is 14.8 Å². The SMILES string of the molecule is C[C@@H]1OC=C(C(=O)O)C2CC3c4[nH]c5ccccc5c4CCN3CC21.[HH].[HH].[HH]. The van der Waals surface area contributed by atoms with E-state index >= 15 is 0 Å². The fourth-order valence-electron chi connectivity index (χ4n) is 5.08. The molecule has 1 aromatic carbocycles. The summed E-state index contributed by atoms with van der Waals surface area (Å²) < 4.78 is 5.64. The number of carboxylic acid groups (broad SMARTS) is 1. The van der Waals surface area contributed by atoms with Crippen LogP contribution in [0.25, 0.3) is 10.9 Å². The van der Waals surface area contributed by atoms with E-state index in [4.69, 9.17) is 4.74 Å². The summed E-state index contributed by atoms with van der Waals surface area (Å²) in [6.45, 7) is 3.99. The first-order chi connectivity index (χ1) is 12.1. The van der Waals surface area contributed by atoms with Crippen molar-refractivity contribution in [3.8, 4) is 0 Å². The van der Waals surface area contributed by atoms with E-state index in [-0.39, 0.29) is 28.3 Å². The zero-order valence-electron chi connectivity index (χ0n) is 14.2. The van der Waals surface area contributed by atoms with Gasteiger partial charge in [0.1, 0.15) is 0 Å². The number of aromatic nitrogens is 1. The predicted octanol–water partition coefficient (Wildman–Crippen LogP) is 3.83. The standard InChI is InChI=1S/C20H22N2O3.3H2/c1-11-15-9-22-7-6-13-12-4-2-3-5-17(12)21-19(13)18(22)8-14(15)16(10-25-11)20(23)24;;;/h2-5,10-11,14-15,18,21H,6-9H2,1H3,(H,23,24);3*1H/t11-,14?,15?,18?;;;/m0.../s1. The lowest BCUT2D eigenvalue weighted by Gasteiger charge is -2.49. The number of aromatic amines is 1. The van der Waals surface area contributed by atoms with Crippen molar-refractivity contribution in [3.63, 3.8) is 0 Å². The molecule has 5 heteroatoms. The van der Waals surface area contributed by atoms with Gasteiger partial charge in [0.25, 0.3) is 0 Å². The van der Waals surface area contributed by atoms with E-state index < -0.39 is 5.97 Å². The highest BCUT2D eigenvalue weighted by Crippen LogP contribution is 2.47. The van der Waals surface area contributed by atoms with Crippen molar-refractivity contribution in [1.29, 1.82) is 0 Å². The highest BCUT2D eigenvalue weighted by Gasteiger charge is 2.46. The number of hydrogen-bond acceptors (Lipinski definition) is 3. The largest absolute Gasteiger partial charge is 0.497 e. The smallest absolute Gasteiger partial charge is 0.334 e. The molecule has 2 N–H and O–H groups in total. The van der Waals surface area contributed by atoms with E-state index in [9.17, 15) is 9.90 Å². The number of hydrogen-bond donors (Lipinski definition) is 2. The number of carbonyl (C=O) groups is 1. The molecule has 5 rings (SSSR count). The molecule has 3 aliphatic heterocycles. The van der Waals surface area contributed by atoms with E-state index in [1.807, 2.05) is 0 Å². The van der Waals surface area contributed by atoms with Gasteiger partial charge in [-0.1, -0.05) is 18.2 Å². The van der Waals surface area contributed by atoms with Crippen LogP contribution in [0.5, 0.6) is 0 Å². The van der Waals surface area contributed by atoms with Crippen LogP contribution in [0.15, 0.2) is 36.1 Å². The third kappa shape index (κ3) is 2.15. The summed E-state index contributed by atoms with van der Waals surface area (Å²) in [7, 11) is 0. The van der Waals surface area contributed by atoms with Crippen molar-refractivity contribution in [2.24, 2.45) is 11.8 Å². The van der Waals surface area contributed by atoms with E-state index in [0.717, 1.165) is 25.9 Å². The van der Waals surface area contributed by atoms with Crippen LogP contribution in [-0.4, -0.2) is 40.2 Å². The number of H-pyrrole nitrogens is 1. The molecule has 3 aliphatic rings. The van der Waals surface area contributed by atoms with Gasteiger partial charge in [-0.05, 0) is 31.4 Å².